The summed E-state index contributed by atoms with van der Waals surface area (Å²) in [6.07, 6.45) is 3.84. The van der Waals surface area contributed by atoms with E-state index in [4.69, 9.17) is 5.73 Å². The number of benzene rings is 3. The van der Waals surface area contributed by atoms with E-state index in [9.17, 15) is 14.4 Å². The first-order chi connectivity index (χ1) is 20.4. The highest BCUT2D eigenvalue weighted by atomic mass is 16.2. The van der Waals surface area contributed by atoms with Crippen LogP contribution in [0.1, 0.15) is 43.7 Å². The Balaban J connectivity index is 1.40. The van der Waals surface area contributed by atoms with Crippen molar-refractivity contribution in [2.45, 2.75) is 57.5 Å². The molecule has 8 heteroatoms. The zero-order valence-electron chi connectivity index (χ0n) is 24.6. The van der Waals surface area contributed by atoms with Crippen LogP contribution in [-0.4, -0.2) is 72.5 Å². The van der Waals surface area contributed by atoms with Crippen molar-refractivity contribution in [2.24, 2.45) is 11.1 Å². The van der Waals surface area contributed by atoms with E-state index < -0.39 is 11.5 Å². The Bertz CT molecular complexity index is 1390. The second kappa shape index (κ2) is 13.4. The maximum Gasteiger partial charge on any atom is 0.318 e. The number of nitrogens with zero attached hydrogens (tertiary/aromatic N) is 2. The lowest BCUT2D eigenvalue weighted by Gasteiger charge is -2.43. The molecule has 0 saturated carbocycles. The number of likely N-dealkylation sites (tertiary alicyclic amines) is 2. The van der Waals surface area contributed by atoms with Gasteiger partial charge < -0.3 is 26.2 Å². The number of carbonyl (C=O) groups excluding carboxylic acids is 3. The minimum absolute atomic E-state index is 0.0221. The third-order valence-electron chi connectivity index (χ3n) is 8.77. The number of nitrogens with one attached hydrogen (secondary N) is 2. The number of rotatable bonds is 8. The molecule has 0 aliphatic carbocycles. The van der Waals surface area contributed by atoms with Crippen molar-refractivity contribution in [3.05, 3.63) is 83.9 Å². The van der Waals surface area contributed by atoms with Gasteiger partial charge in [-0.2, -0.15) is 0 Å². The van der Waals surface area contributed by atoms with Crippen molar-refractivity contribution in [1.29, 1.82) is 0 Å². The fraction of sp³-hybridized carbons (Fsp3) is 0.441. The van der Waals surface area contributed by atoms with Gasteiger partial charge in [0.15, 0.2) is 0 Å². The summed E-state index contributed by atoms with van der Waals surface area (Å²) < 4.78 is 0. The minimum atomic E-state index is -0.754. The fourth-order valence-corrected chi connectivity index (χ4v) is 6.43. The van der Waals surface area contributed by atoms with Gasteiger partial charge in [-0.3, -0.25) is 9.59 Å². The Hall–Kier alpha value is -3.91. The average molecular weight is 570 g/mol. The summed E-state index contributed by atoms with van der Waals surface area (Å²) in [5.41, 5.74) is 7.38. The van der Waals surface area contributed by atoms with E-state index in [1.54, 1.807) is 9.80 Å². The Morgan fingerprint density at radius 3 is 2.36 bits per heavy atom. The molecule has 4 amide bonds. The van der Waals surface area contributed by atoms with E-state index in [0.29, 0.717) is 52.0 Å². The molecule has 2 aliphatic rings. The van der Waals surface area contributed by atoms with Crippen molar-refractivity contribution in [2.75, 3.05) is 32.7 Å². The summed E-state index contributed by atoms with van der Waals surface area (Å²) in [5.74, 6) is -0.169. The smallest absolute Gasteiger partial charge is 0.318 e. The molecule has 0 bridgehead atoms. The molecule has 42 heavy (non-hydrogen) atoms. The molecule has 0 spiro atoms. The minimum Gasteiger partial charge on any atom is -0.356 e. The molecule has 0 aromatic heterocycles. The molecular formula is C34H43N5O3. The summed E-state index contributed by atoms with van der Waals surface area (Å²) in [4.78, 5) is 44.8. The summed E-state index contributed by atoms with van der Waals surface area (Å²) in [6, 6.07) is 23.4. The number of amides is 4. The van der Waals surface area contributed by atoms with Gasteiger partial charge in [-0.25, -0.2) is 4.79 Å². The van der Waals surface area contributed by atoms with E-state index in [-0.39, 0.29) is 23.9 Å². The van der Waals surface area contributed by atoms with Gasteiger partial charge >= 0.3 is 6.03 Å². The second-order valence-electron chi connectivity index (χ2n) is 11.9. The highest BCUT2D eigenvalue weighted by molar-refractivity contribution is 5.90. The molecule has 8 nitrogen and oxygen atoms in total. The van der Waals surface area contributed by atoms with Crippen molar-refractivity contribution in [3.63, 3.8) is 0 Å². The Labute approximate surface area is 248 Å². The highest BCUT2D eigenvalue weighted by Crippen LogP contribution is 2.35. The zero-order valence-corrected chi connectivity index (χ0v) is 24.6. The Morgan fingerprint density at radius 1 is 0.905 bits per heavy atom. The Morgan fingerprint density at radius 2 is 1.62 bits per heavy atom. The van der Waals surface area contributed by atoms with E-state index in [1.165, 1.54) is 0 Å². The van der Waals surface area contributed by atoms with E-state index in [0.717, 1.165) is 41.2 Å². The second-order valence-corrected chi connectivity index (χ2v) is 11.9. The number of hydrogen-bond donors (Lipinski definition) is 3. The first-order valence-electron chi connectivity index (χ1n) is 15.3. The summed E-state index contributed by atoms with van der Waals surface area (Å²) in [7, 11) is 0. The number of carbonyl (C=O) groups is 3. The van der Waals surface area contributed by atoms with Crippen LogP contribution in [0.3, 0.4) is 0 Å². The van der Waals surface area contributed by atoms with Gasteiger partial charge in [-0.15, -0.1) is 0 Å². The van der Waals surface area contributed by atoms with Gasteiger partial charge in [0.05, 0.1) is 5.41 Å². The molecule has 2 fully saturated rings. The van der Waals surface area contributed by atoms with Crippen LogP contribution in [-0.2, 0) is 22.4 Å². The van der Waals surface area contributed by atoms with Crippen molar-refractivity contribution in [3.8, 4) is 0 Å². The summed E-state index contributed by atoms with van der Waals surface area (Å²) in [5, 5.41) is 8.34. The molecule has 2 atom stereocenters. The van der Waals surface area contributed by atoms with Crippen LogP contribution >= 0.6 is 0 Å². The number of urea groups is 1. The lowest BCUT2D eigenvalue weighted by atomic mass is 9.74. The van der Waals surface area contributed by atoms with Gasteiger partial charge in [-0.1, -0.05) is 72.8 Å². The normalized spacial score (nSPS) is 20.2. The van der Waals surface area contributed by atoms with Crippen LogP contribution in [0, 0.1) is 5.41 Å². The largest absolute Gasteiger partial charge is 0.356 e. The molecule has 3 aromatic rings. The van der Waals surface area contributed by atoms with Crippen molar-refractivity contribution in [1.82, 2.24) is 20.4 Å². The SMILES string of the molecule is CCNC(=O)[C@]1(Cc2ccccc2)CCCN(C(=O)[C@@H](Cc2ccc3ccccc3c2)NC(=O)N2CCC(N)CC2)C1. The van der Waals surface area contributed by atoms with Crippen LogP contribution in [0.5, 0.6) is 0 Å². The molecule has 0 radical (unpaired) electrons. The average Bonchev–Trinajstić information content (AvgIpc) is 3.01. The molecular weight excluding hydrogens is 526 g/mol. The van der Waals surface area contributed by atoms with Gasteiger partial charge in [0.25, 0.3) is 0 Å². The van der Waals surface area contributed by atoms with E-state index in [2.05, 4.69) is 34.9 Å². The molecule has 2 aliphatic heterocycles. The quantitative estimate of drug-likeness (QED) is 0.383. The molecule has 2 heterocycles. The lowest BCUT2D eigenvalue weighted by molar-refractivity contribution is -0.142. The molecule has 3 aromatic carbocycles. The number of hydrogen-bond acceptors (Lipinski definition) is 4. The predicted octanol–water partition coefficient (Wildman–Crippen LogP) is 3.87. The van der Waals surface area contributed by atoms with Crippen LogP contribution in [0.4, 0.5) is 4.79 Å². The number of piperidine rings is 2. The van der Waals surface area contributed by atoms with Crippen LogP contribution in [0.2, 0.25) is 0 Å². The van der Waals surface area contributed by atoms with Gasteiger partial charge in [0.1, 0.15) is 6.04 Å². The van der Waals surface area contributed by atoms with Gasteiger partial charge in [0, 0.05) is 45.2 Å². The molecule has 5 rings (SSSR count). The maximum atomic E-state index is 14.3. The van der Waals surface area contributed by atoms with E-state index >= 15 is 0 Å². The molecule has 0 unspecified atom stereocenters. The summed E-state index contributed by atoms with van der Waals surface area (Å²) in [6.45, 7) is 4.47. The monoisotopic (exact) mass is 569 g/mol. The standard InChI is InChI=1S/C34H43N5O3/c1-2-36-32(41)34(23-25-9-4-3-5-10-25)17-8-18-39(24-34)31(40)30(37-33(42)38-19-15-29(35)16-20-38)22-26-13-14-27-11-6-7-12-28(27)21-26/h3-7,9-14,21,29-30H,2,8,15-20,22-24,35H2,1H3,(H,36,41)(H,37,42)/t30-,34+/m1/s1. The predicted molar refractivity (Wildman–Crippen MR) is 166 cm³/mol. The van der Waals surface area contributed by atoms with Gasteiger partial charge in [0.2, 0.25) is 11.8 Å². The fourth-order valence-electron chi connectivity index (χ4n) is 6.43. The molecule has 222 valence electrons. The molecule has 4 N–H and O–H groups in total. The van der Waals surface area contributed by atoms with Crippen molar-refractivity contribution >= 4 is 28.6 Å². The van der Waals surface area contributed by atoms with Crippen LogP contribution in [0.15, 0.2) is 72.8 Å². The summed E-state index contributed by atoms with van der Waals surface area (Å²) >= 11 is 0. The number of fused-ring (bicyclic) bond motifs is 1. The lowest BCUT2D eigenvalue weighted by Crippen LogP contribution is -2.59. The zero-order chi connectivity index (χ0) is 29.5. The number of nitrogens with two attached hydrogens (primary N) is 1. The van der Waals surface area contributed by atoms with Crippen LogP contribution < -0.4 is 16.4 Å². The maximum absolute atomic E-state index is 14.3. The van der Waals surface area contributed by atoms with Crippen molar-refractivity contribution < 1.29 is 14.4 Å². The highest BCUT2D eigenvalue weighted by Gasteiger charge is 2.44. The molecule has 2 saturated heterocycles. The Kier molecular flexibility index (Phi) is 9.42. The third kappa shape index (κ3) is 6.93. The van der Waals surface area contributed by atoms with Crippen LogP contribution in [0.25, 0.3) is 10.8 Å². The first kappa shape index (κ1) is 29.6. The first-order valence-corrected chi connectivity index (χ1v) is 15.3. The topological polar surface area (TPSA) is 108 Å². The third-order valence-corrected chi connectivity index (χ3v) is 8.77. The van der Waals surface area contributed by atoms with Gasteiger partial charge in [-0.05, 0) is 60.9 Å². The van der Waals surface area contributed by atoms with E-state index in [1.807, 2.05) is 55.5 Å².